The van der Waals surface area contributed by atoms with Crippen LogP contribution in [0.5, 0.6) is 0 Å². The summed E-state index contributed by atoms with van der Waals surface area (Å²) >= 11 is 0. The van der Waals surface area contributed by atoms with Crippen LogP contribution in [0.4, 0.5) is 0 Å². The number of nitrogens with zero attached hydrogens (tertiary/aromatic N) is 3. The SMILES string of the molecule is CCCC(NC(=O)c1ccc(C)cc1)C(=O)N1CCC2C1C(=O)CN2S(=O)(=O)c1cccc[n+]1[O-]. The molecule has 186 valence electrons. The average molecular weight is 501 g/mol. The molecule has 2 saturated heterocycles. The monoisotopic (exact) mass is 500 g/mol. The van der Waals surface area contributed by atoms with Gasteiger partial charge < -0.3 is 15.4 Å². The number of ketones is 1. The lowest BCUT2D eigenvalue weighted by atomic mass is 10.1. The van der Waals surface area contributed by atoms with Crippen LogP contribution in [0.3, 0.4) is 0 Å². The number of pyridine rings is 1. The normalized spacial score (nSPS) is 21.1. The van der Waals surface area contributed by atoms with E-state index in [9.17, 15) is 28.0 Å². The van der Waals surface area contributed by atoms with Gasteiger partial charge in [-0.3, -0.25) is 14.4 Å². The molecule has 3 heterocycles. The third-order valence-corrected chi connectivity index (χ3v) is 8.38. The molecule has 2 amide bonds. The maximum Gasteiger partial charge on any atom is 0.323 e. The number of sulfonamides is 1. The van der Waals surface area contributed by atoms with Gasteiger partial charge in [-0.1, -0.05) is 31.0 Å². The number of hydrogen-bond donors (Lipinski definition) is 1. The summed E-state index contributed by atoms with van der Waals surface area (Å²) in [6.07, 6.45) is 2.34. The Morgan fingerprint density at radius 2 is 1.91 bits per heavy atom. The Bertz CT molecular complexity index is 1250. The second kappa shape index (κ2) is 9.74. The minimum absolute atomic E-state index is 0.179. The Morgan fingerprint density at radius 1 is 1.20 bits per heavy atom. The molecule has 2 fully saturated rings. The topological polar surface area (TPSA) is 131 Å². The van der Waals surface area contributed by atoms with E-state index in [2.05, 4.69) is 5.32 Å². The standard InChI is InChI=1S/C24H28N4O6S/c1-3-6-18(25-23(30)17-10-8-16(2)9-11-17)24(31)26-14-12-19-22(26)20(29)15-28(19)35(33,34)21-7-4-5-13-27(21)32/h4-5,7-11,13,18-19,22H,3,6,12,14-15H2,1-2H3,(H,25,30). The van der Waals surface area contributed by atoms with Gasteiger partial charge in [0, 0.05) is 24.2 Å². The van der Waals surface area contributed by atoms with Gasteiger partial charge in [-0.2, -0.15) is 9.04 Å². The highest BCUT2D eigenvalue weighted by Gasteiger charge is 2.55. The quantitative estimate of drug-likeness (QED) is 0.441. The highest BCUT2D eigenvalue weighted by molar-refractivity contribution is 7.89. The van der Waals surface area contributed by atoms with Crippen molar-refractivity contribution in [2.75, 3.05) is 13.1 Å². The molecule has 1 N–H and O–H groups in total. The highest BCUT2D eigenvalue weighted by Crippen LogP contribution is 2.33. The van der Waals surface area contributed by atoms with Gasteiger partial charge in [0.25, 0.3) is 5.91 Å². The first-order valence-corrected chi connectivity index (χ1v) is 13.0. The van der Waals surface area contributed by atoms with E-state index in [4.69, 9.17) is 0 Å². The Kier molecular flexibility index (Phi) is 6.91. The zero-order chi connectivity index (χ0) is 25.3. The number of likely N-dealkylation sites (tertiary alicyclic amines) is 1. The van der Waals surface area contributed by atoms with Crippen molar-refractivity contribution in [3.8, 4) is 0 Å². The van der Waals surface area contributed by atoms with Crippen molar-refractivity contribution in [3.05, 3.63) is 65.0 Å². The summed E-state index contributed by atoms with van der Waals surface area (Å²) in [7, 11) is -4.24. The second-order valence-corrected chi connectivity index (χ2v) is 10.7. The molecule has 2 aliphatic heterocycles. The number of Topliss-reactive ketones (excluding diaryl/α,β-unsaturated/α-hetero) is 1. The smallest absolute Gasteiger partial charge is 0.323 e. The molecule has 10 nitrogen and oxygen atoms in total. The van der Waals surface area contributed by atoms with Crippen molar-refractivity contribution in [1.82, 2.24) is 14.5 Å². The first kappa shape index (κ1) is 24.8. The van der Waals surface area contributed by atoms with E-state index < -0.39 is 57.3 Å². The van der Waals surface area contributed by atoms with Crippen molar-refractivity contribution in [1.29, 1.82) is 0 Å². The van der Waals surface area contributed by atoms with Crippen molar-refractivity contribution in [2.24, 2.45) is 0 Å². The lowest BCUT2D eigenvalue weighted by Gasteiger charge is -2.28. The number of fused-ring (bicyclic) bond motifs is 1. The Balaban J connectivity index is 1.54. The molecule has 0 aliphatic carbocycles. The fourth-order valence-electron chi connectivity index (χ4n) is 4.77. The molecular formula is C24H28N4O6S. The van der Waals surface area contributed by atoms with Gasteiger partial charge in [0.15, 0.2) is 12.0 Å². The number of hydrogen-bond acceptors (Lipinski definition) is 6. The summed E-state index contributed by atoms with van der Waals surface area (Å²) in [4.78, 5) is 40.5. The molecule has 1 aromatic carbocycles. The van der Waals surface area contributed by atoms with Gasteiger partial charge in [-0.25, -0.2) is 8.42 Å². The lowest BCUT2D eigenvalue weighted by Crippen LogP contribution is -2.52. The fraction of sp³-hybridized carbons (Fsp3) is 0.417. The molecule has 11 heteroatoms. The third-order valence-electron chi connectivity index (χ3n) is 6.52. The number of nitrogens with one attached hydrogen (secondary N) is 1. The van der Waals surface area contributed by atoms with Crippen LogP contribution in [0.2, 0.25) is 0 Å². The van der Waals surface area contributed by atoms with E-state index in [0.717, 1.165) is 16.1 Å². The maximum atomic E-state index is 13.5. The summed E-state index contributed by atoms with van der Waals surface area (Å²) in [6, 6.07) is 8.47. The van der Waals surface area contributed by atoms with Crippen LogP contribution >= 0.6 is 0 Å². The maximum absolute atomic E-state index is 13.5. The summed E-state index contributed by atoms with van der Waals surface area (Å²) in [5.41, 5.74) is 1.43. The largest absolute Gasteiger partial charge is 0.618 e. The predicted octanol–water partition coefficient (Wildman–Crippen LogP) is 0.770. The van der Waals surface area contributed by atoms with Crippen LogP contribution in [0, 0.1) is 12.1 Å². The first-order valence-electron chi connectivity index (χ1n) is 11.6. The minimum Gasteiger partial charge on any atom is -0.618 e. The van der Waals surface area contributed by atoms with Crippen LogP contribution < -0.4 is 10.0 Å². The lowest BCUT2D eigenvalue weighted by molar-refractivity contribution is -0.646. The van der Waals surface area contributed by atoms with E-state index in [1.54, 1.807) is 24.3 Å². The van der Waals surface area contributed by atoms with Crippen molar-refractivity contribution < 1.29 is 27.5 Å². The van der Waals surface area contributed by atoms with Gasteiger partial charge in [0.1, 0.15) is 12.1 Å². The molecule has 2 aliphatic rings. The number of amides is 2. The van der Waals surface area contributed by atoms with E-state index in [0.29, 0.717) is 18.4 Å². The summed E-state index contributed by atoms with van der Waals surface area (Å²) in [6.45, 7) is 3.56. The number of carbonyl (C=O) groups excluding carboxylic acids is 3. The molecule has 0 radical (unpaired) electrons. The molecule has 4 rings (SSSR count). The highest BCUT2D eigenvalue weighted by atomic mass is 32.2. The van der Waals surface area contributed by atoms with Crippen LogP contribution in [0.1, 0.15) is 42.1 Å². The molecule has 3 atom stereocenters. The zero-order valence-corrected chi connectivity index (χ0v) is 20.4. The number of rotatable bonds is 7. The molecule has 0 bridgehead atoms. The molecule has 1 aromatic heterocycles. The van der Waals surface area contributed by atoms with Crippen molar-refractivity contribution in [2.45, 2.75) is 56.3 Å². The van der Waals surface area contributed by atoms with Crippen LogP contribution in [0.25, 0.3) is 0 Å². The average Bonchev–Trinajstić information content (AvgIpc) is 3.40. The Morgan fingerprint density at radius 3 is 2.57 bits per heavy atom. The van der Waals surface area contributed by atoms with E-state index in [1.807, 2.05) is 13.8 Å². The van der Waals surface area contributed by atoms with Crippen LogP contribution in [-0.4, -0.2) is 66.4 Å². The number of aromatic nitrogens is 1. The number of benzene rings is 1. The number of aryl methyl sites for hydroxylation is 1. The summed E-state index contributed by atoms with van der Waals surface area (Å²) in [5.74, 6) is -1.21. The van der Waals surface area contributed by atoms with Crippen LogP contribution in [-0.2, 0) is 19.6 Å². The van der Waals surface area contributed by atoms with Crippen molar-refractivity contribution >= 4 is 27.6 Å². The van der Waals surface area contributed by atoms with Gasteiger partial charge >= 0.3 is 15.0 Å². The summed E-state index contributed by atoms with van der Waals surface area (Å²) in [5, 5.41) is 14.4. The Hall–Kier alpha value is -3.31. The molecule has 0 saturated carbocycles. The van der Waals surface area contributed by atoms with Gasteiger partial charge in [0.05, 0.1) is 12.6 Å². The van der Waals surface area contributed by atoms with Gasteiger partial charge in [-0.05, 0) is 38.0 Å². The Labute approximate surface area is 204 Å². The third kappa shape index (κ3) is 4.65. The second-order valence-electron chi connectivity index (χ2n) is 8.89. The first-order chi connectivity index (χ1) is 16.6. The fourth-order valence-corrected chi connectivity index (χ4v) is 6.42. The molecule has 35 heavy (non-hydrogen) atoms. The van der Waals surface area contributed by atoms with Crippen molar-refractivity contribution in [3.63, 3.8) is 0 Å². The molecule has 0 spiro atoms. The zero-order valence-electron chi connectivity index (χ0n) is 19.6. The van der Waals surface area contributed by atoms with E-state index in [1.165, 1.54) is 23.1 Å². The van der Waals surface area contributed by atoms with Gasteiger partial charge in [0.2, 0.25) is 5.91 Å². The number of carbonyl (C=O) groups is 3. The molecular weight excluding hydrogens is 472 g/mol. The molecule has 3 unspecified atom stereocenters. The predicted molar refractivity (Wildman–Crippen MR) is 126 cm³/mol. The van der Waals surface area contributed by atoms with E-state index >= 15 is 0 Å². The minimum atomic E-state index is -4.24. The van der Waals surface area contributed by atoms with E-state index in [-0.39, 0.29) is 17.7 Å². The molecule has 2 aromatic rings. The van der Waals surface area contributed by atoms with Gasteiger partial charge in [-0.15, -0.1) is 0 Å². The van der Waals surface area contributed by atoms with Crippen LogP contribution in [0.15, 0.2) is 53.7 Å². The summed E-state index contributed by atoms with van der Waals surface area (Å²) < 4.78 is 27.6.